The van der Waals surface area contributed by atoms with Crippen LogP contribution >= 0.6 is 46.9 Å². The van der Waals surface area contributed by atoms with Gasteiger partial charge < -0.3 is 29.5 Å². The average molecular weight is 1350 g/mol. The van der Waals surface area contributed by atoms with Crippen molar-refractivity contribution in [2.24, 2.45) is 0 Å². The van der Waals surface area contributed by atoms with Crippen LogP contribution in [0.1, 0.15) is 52.5 Å². The lowest BCUT2D eigenvalue weighted by atomic mass is 9.82. The molecule has 0 aliphatic carbocycles. The highest BCUT2D eigenvalue weighted by atomic mass is 35.5. The Balaban J connectivity index is 0.00000108. The number of thioether (sulfide) groups is 3. The Kier molecular flexibility index (Phi) is 32.0. The lowest BCUT2D eigenvalue weighted by molar-refractivity contribution is -0.142. The first kappa shape index (κ1) is 80.6. The maximum atomic E-state index is 12.8. The molecule has 8 aromatic rings. The van der Waals surface area contributed by atoms with Gasteiger partial charge in [-0.3, -0.25) is 9.59 Å². The van der Waals surface area contributed by atoms with Crippen LogP contribution in [0.3, 0.4) is 0 Å². The predicted molar refractivity (Wildman–Crippen MR) is 311 cm³/mol. The molecule has 0 fully saturated rings. The van der Waals surface area contributed by atoms with Crippen molar-refractivity contribution in [2.45, 2.75) is 75.0 Å². The van der Waals surface area contributed by atoms with Gasteiger partial charge in [-0.2, -0.15) is 52.7 Å². The molecule has 20 nitrogen and oxygen atoms in total. The maximum absolute atomic E-state index is 12.8. The minimum atomic E-state index is -4.82. The van der Waals surface area contributed by atoms with Crippen molar-refractivity contribution < 1.29 is 80.6 Å². The fourth-order valence-corrected chi connectivity index (χ4v) is 7.49. The van der Waals surface area contributed by atoms with Crippen LogP contribution in [0.25, 0.3) is 33.8 Å². The molecule has 0 atom stereocenters. The minimum absolute atomic E-state index is 0. The number of hydrogen-bond donors (Lipinski definition) is 4. The van der Waals surface area contributed by atoms with E-state index in [4.69, 9.17) is 31.1 Å². The predicted octanol–water partition coefficient (Wildman–Crippen LogP) is 11.3. The number of rotatable bonds is 10. The van der Waals surface area contributed by atoms with E-state index in [0.29, 0.717) is 46.7 Å². The van der Waals surface area contributed by atoms with Crippen LogP contribution in [0, 0.1) is 0 Å². The van der Waals surface area contributed by atoms with E-state index in [2.05, 4.69) is 59.8 Å². The zero-order valence-electron chi connectivity index (χ0n) is 43.2. The molecular weight excluding hydrogens is 1300 g/mol. The van der Waals surface area contributed by atoms with Crippen LogP contribution in [0.4, 0.5) is 52.7 Å². The Bertz CT molecular complexity index is 3690. The van der Waals surface area contributed by atoms with Crippen molar-refractivity contribution in [3.05, 3.63) is 146 Å². The summed E-state index contributed by atoms with van der Waals surface area (Å²) in [6.07, 6.45) is -7.65. The standard InChI is InChI=1S/C12H10F3N3OS.C11H8F3N3O3S.C11H8F3N3OS.C6H8BNO3.C6H4ClF3N2S.4CH4/c1-19-10-4-3-7(6-16-10)8-5-9(12(13,14)15)18-11(17-8)20-2;1-21(19,20)10-16-7(4-8(17-10)11(12,13)14)6-2-3-9(18)15-5-6;1-19-10-16-7(4-8(17-10)11(12,13)14)6-2-3-9(18)15-5-6;1-11-6-3-2-5(4-8-6)7(9)10;1-13-5-11-3(6(8,9)10)2-4(7)12-5;;;;/h3-6H,1-2H3;2-5H,1H3,(H,15,18);2-5H,1H3,(H,15,18);2-4,9-10H,1H3;2H,1H3;4*1H4. The van der Waals surface area contributed by atoms with Gasteiger partial charge in [0, 0.05) is 77.5 Å². The second-order valence-electron chi connectivity index (χ2n) is 15.5. The summed E-state index contributed by atoms with van der Waals surface area (Å²) in [4.78, 5) is 62.7. The lowest BCUT2D eigenvalue weighted by Crippen LogP contribution is -2.29. The molecule has 0 saturated heterocycles. The highest BCUT2D eigenvalue weighted by Crippen LogP contribution is 2.35. The summed E-state index contributed by atoms with van der Waals surface area (Å²) in [6.45, 7) is 0. The molecule has 0 spiro atoms. The number of halogens is 13. The van der Waals surface area contributed by atoms with Crippen LogP contribution in [0.15, 0.2) is 128 Å². The van der Waals surface area contributed by atoms with Gasteiger partial charge in [-0.1, -0.05) is 82.7 Å². The van der Waals surface area contributed by atoms with Gasteiger partial charge in [-0.05, 0) is 61.2 Å². The molecule has 8 rings (SSSR count). The monoisotopic (exact) mass is 1350 g/mol. The van der Waals surface area contributed by atoms with E-state index in [1.807, 2.05) is 0 Å². The molecule has 0 radical (unpaired) electrons. The number of methoxy groups -OCH3 is 2. The van der Waals surface area contributed by atoms with Crippen molar-refractivity contribution in [3.63, 3.8) is 0 Å². The summed E-state index contributed by atoms with van der Waals surface area (Å²) in [5.41, 5.74) is -3.78. The van der Waals surface area contributed by atoms with Gasteiger partial charge in [0.25, 0.3) is 0 Å². The van der Waals surface area contributed by atoms with Crippen LogP contribution in [0.5, 0.6) is 11.8 Å². The molecule has 0 bridgehead atoms. The van der Waals surface area contributed by atoms with Gasteiger partial charge in [-0.25, -0.2) is 58.3 Å². The summed E-state index contributed by atoms with van der Waals surface area (Å²) in [7, 11) is -2.53. The second kappa shape index (κ2) is 34.9. The van der Waals surface area contributed by atoms with Crippen molar-refractivity contribution in [1.82, 2.24) is 59.8 Å². The van der Waals surface area contributed by atoms with Crippen LogP contribution in [0.2, 0.25) is 5.15 Å². The lowest BCUT2D eigenvalue weighted by Gasteiger charge is -2.09. The van der Waals surface area contributed by atoms with Crippen molar-refractivity contribution in [1.29, 1.82) is 0 Å². The first-order chi connectivity index (χ1) is 39.1. The summed E-state index contributed by atoms with van der Waals surface area (Å²) in [6, 6.07) is 14.3. The molecule has 88 heavy (non-hydrogen) atoms. The Morgan fingerprint density at radius 2 is 0.852 bits per heavy atom. The first-order valence-electron chi connectivity index (χ1n) is 22.2. The largest absolute Gasteiger partial charge is 0.490 e. The summed E-state index contributed by atoms with van der Waals surface area (Å²) >= 11 is 8.44. The minimum Gasteiger partial charge on any atom is -0.481 e. The Morgan fingerprint density at radius 3 is 1.17 bits per heavy atom. The SMILES string of the molecule is C.C.C.C.COc1ccc(-c2cc(C(F)(F)F)nc(SC)n2)cn1.COc1ccc(B(O)O)cn1.CS(=O)(=O)c1nc(-c2ccc(=O)[nH]c2)cc(C(F)(F)F)n1.CSc1nc(-c2ccc(=O)[nH]c2)cc(C(F)(F)F)n1.CSc1nc(Cl)cc(C(F)(F)F)n1. The van der Waals surface area contributed by atoms with Gasteiger partial charge in [0.15, 0.2) is 21.2 Å². The van der Waals surface area contributed by atoms with Crippen LogP contribution in [-0.4, -0.2) is 125 Å². The number of pyridine rings is 4. The number of nitrogens with zero attached hydrogens (tertiary/aromatic N) is 10. The smallest absolute Gasteiger partial charge is 0.481 e. The summed E-state index contributed by atoms with van der Waals surface area (Å²) in [5, 5.41) is 16.3. The van der Waals surface area contributed by atoms with E-state index >= 15 is 0 Å². The molecule has 0 amide bonds. The Labute approximate surface area is 513 Å². The summed E-state index contributed by atoms with van der Waals surface area (Å²) in [5.74, 6) is 0.832. The van der Waals surface area contributed by atoms with E-state index in [0.717, 1.165) is 59.7 Å². The molecule has 0 saturated carbocycles. The van der Waals surface area contributed by atoms with Gasteiger partial charge in [0.05, 0.1) is 31.3 Å². The maximum Gasteiger partial charge on any atom is 0.490 e. The molecular formula is C50H54BClF12N12O8S4. The summed E-state index contributed by atoms with van der Waals surface area (Å²) < 4.78 is 184. The van der Waals surface area contributed by atoms with Crippen molar-refractivity contribution >= 4 is 69.3 Å². The number of aromatic amines is 2. The molecule has 8 heterocycles. The number of nitrogens with one attached hydrogen (secondary N) is 2. The average Bonchev–Trinajstić information content (AvgIpc) is 3.64. The van der Waals surface area contributed by atoms with E-state index < -0.39 is 75.2 Å². The third-order valence-corrected chi connectivity index (χ3v) is 12.2. The second-order valence-corrected chi connectivity index (χ2v) is 20.1. The molecule has 0 aliphatic rings. The number of H-pyrrole nitrogens is 2. The molecule has 0 unspecified atom stereocenters. The Morgan fingerprint density at radius 1 is 0.500 bits per heavy atom. The molecule has 8 aromatic heterocycles. The normalized spacial score (nSPS) is 11.0. The number of ether oxygens (including phenoxy) is 2. The molecule has 480 valence electrons. The third kappa shape index (κ3) is 25.3. The third-order valence-electron chi connectivity index (χ3n) is 9.50. The quantitative estimate of drug-likeness (QED) is 0.0325. The molecule has 38 heteroatoms. The zero-order chi connectivity index (χ0) is 63.0. The number of aromatic nitrogens is 12. The van der Waals surface area contributed by atoms with Crippen molar-refractivity contribution in [2.75, 3.05) is 39.2 Å². The van der Waals surface area contributed by atoms with E-state index in [1.54, 1.807) is 37.0 Å². The van der Waals surface area contributed by atoms with E-state index in [1.165, 1.54) is 57.1 Å². The highest BCUT2D eigenvalue weighted by Gasteiger charge is 2.37. The van der Waals surface area contributed by atoms with Gasteiger partial charge in [0.2, 0.25) is 37.9 Å². The number of hydrogen-bond acceptors (Lipinski definition) is 21. The fraction of sp³-hybridized carbons (Fsp3) is 0.280. The molecule has 0 aliphatic heterocycles. The fourth-order valence-electron chi connectivity index (χ4n) is 5.59. The first-order valence-corrected chi connectivity index (χ1v) is 28.1. The van der Waals surface area contributed by atoms with Crippen molar-refractivity contribution in [3.8, 4) is 45.5 Å². The van der Waals surface area contributed by atoms with E-state index in [9.17, 15) is 70.7 Å². The highest BCUT2D eigenvalue weighted by molar-refractivity contribution is 7.98. The van der Waals surface area contributed by atoms with E-state index in [-0.39, 0.29) is 78.5 Å². The zero-order valence-corrected chi connectivity index (χ0v) is 47.2. The molecule has 4 N–H and O–H groups in total. The Hall–Kier alpha value is -7.45. The van der Waals surface area contributed by atoms with Crippen LogP contribution in [-0.2, 0) is 34.5 Å². The van der Waals surface area contributed by atoms with Gasteiger partial charge in [0.1, 0.15) is 22.2 Å². The van der Waals surface area contributed by atoms with Gasteiger partial charge >= 0.3 is 31.8 Å². The number of sulfone groups is 1. The topological polar surface area (TPSA) is 288 Å². The van der Waals surface area contributed by atoms with Gasteiger partial charge in [-0.15, -0.1) is 0 Å². The number of alkyl halides is 12. The van der Waals surface area contributed by atoms with Crippen LogP contribution < -0.4 is 26.1 Å². The molecule has 0 aromatic carbocycles.